The van der Waals surface area contributed by atoms with Crippen LogP contribution >= 0.6 is 0 Å². The summed E-state index contributed by atoms with van der Waals surface area (Å²) in [5.41, 5.74) is -10.1. The SMILES string of the molecule is COC(=O)c1ccc([C@H](O)[C@@H](C)C(=O)O[C@H](c2ccccc2-c2ccccc2[C@@H](O)C(F)(F)C(F)(F)C(F)(F)C(F)(F)C(F)(F)C(F)(F)C(F)(F)F)C(F)(F)C(F)(F)C(F)(F)C(F)(F)C(F)(F)C(F)(F)C(F)(F)F)cc1. The third-order valence-corrected chi connectivity index (χ3v) is 10.9. The molecule has 36 heteroatoms. The number of aliphatic hydroxyl groups is 2. The summed E-state index contributed by atoms with van der Waals surface area (Å²) in [7, 11) is 0.825. The summed E-state index contributed by atoms with van der Waals surface area (Å²) < 4.78 is 437. The minimum atomic E-state index is -9.07. The highest BCUT2D eigenvalue weighted by Crippen LogP contribution is 2.66. The Labute approximate surface area is 401 Å². The van der Waals surface area contributed by atoms with Gasteiger partial charge in [-0.15, -0.1) is 0 Å². The lowest BCUT2D eigenvalue weighted by atomic mass is 9.83. The summed E-state index contributed by atoms with van der Waals surface area (Å²) in [5.74, 6) is -110. The lowest BCUT2D eigenvalue weighted by Gasteiger charge is -2.43. The van der Waals surface area contributed by atoms with Gasteiger partial charge < -0.3 is 19.7 Å². The summed E-state index contributed by atoms with van der Waals surface area (Å²) in [4.78, 5) is 25.1. The molecule has 0 bridgehead atoms. The highest BCUT2D eigenvalue weighted by Gasteiger charge is 2.95. The number of halogens is 30. The van der Waals surface area contributed by atoms with Crippen LogP contribution in [-0.2, 0) is 14.3 Å². The number of hydrogen-bond donors (Lipinski definition) is 2. The van der Waals surface area contributed by atoms with Crippen LogP contribution in [0.4, 0.5) is 132 Å². The van der Waals surface area contributed by atoms with Crippen molar-refractivity contribution in [3.05, 3.63) is 95.1 Å². The second-order valence-electron chi connectivity index (χ2n) is 15.7. The zero-order chi connectivity index (χ0) is 59.8. The molecule has 0 unspecified atom stereocenters. The van der Waals surface area contributed by atoms with Gasteiger partial charge in [-0.1, -0.05) is 60.7 Å². The molecule has 3 aromatic rings. The Balaban J connectivity index is 2.44. The van der Waals surface area contributed by atoms with Gasteiger partial charge in [-0.05, 0) is 41.3 Å². The van der Waals surface area contributed by atoms with E-state index < -0.39 is 153 Å². The van der Waals surface area contributed by atoms with Gasteiger partial charge in [-0.2, -0.15) is 132 Å². The fourth-order valence-corrected chi connectivity index (χ4v) is 6.35. The number of carbonyl (C=O) groups excluding carboxylic acids is 2. The molecule has 0 saturated heterocycles. The van der Waals surface area contributed by atoms with E-state index in [1.54, 1.807) is 0 Å². The highest BCUT2D eigenvalue weighted by atomic mass is 19.4. The average molecular weight is 1170 g/mol. The van der Waals surface area contributed by atoms with Crippen LogP contribution in [0.5, 0.6) is 0 Å². The van der Waals surface area contributed by atoms with Gasteiger partial charge in [0.05, 0.1) is 24.7 Å². The molecule has 0 saturated carbocycles. The highest BCUT2D eigenvalue weighted by molar-refractivity contribution is 5.89. The maximum absolute atomic E-state index is 16.4. The van der Waals surface area contributed by atoms with Crippen LogP contribution in [0.2, 0.25) is 0 Å². The van der Waals surface area contributed by atoms with Gasteiger partial charge in [0.25, 0.3) is 0 Å². The first-order valence-corrected chi connectivity index (χ1v) is 19.3. The molecule has 4 atom stereocenters. The number of aliphatic hydroxyl groups excluding tert-OH is 2. The molecule has 0 amide bonds. The molecule has 0 aliphatic carbocycles. The number of benzene rings is 3. The van der Waals surface area contributed by atoms with Gasteiger partial charge >= 0.3 is 95.4 Å². The van der Waals surface area contributed by atoms with Gasteiger partial charge in [0.1, 0.15) is 6.10 Å². The van der Waals surface area contributed by atoms with Crippen LogP contribution < -0.4 is 0 Å². The Morgan fingerprint density at radius 2 is 0.737 bits per heavy atom. The zero-order valence-corrected chi connectivity index (χ0v) is 36.1. The van der Waals surface area contributed by atoms with Crippen LogP contribution in [0.1, 0.15) is 52.3 Å². The van der Waals surface area contributed by atoms with E-state index in [0.29, 0.717) is 19.1 Å². The largest absolute Gasteiger partial charge is 0.465 e. The summed E-state index contributed by atoms with van der Waals surface area (Å²) in [6, 6.07) is 2.52. The Morgan fingerprint density at radius 1 is 0.421 bits per heavy atom. The fourth-order valence-electron chi connectivity index (χ4n) is 6.35. The van der Waals surface area contributed by atoms with Crippen LogP contribution in [-0.4, -0.2) is 113 Å². The molecule has 430 valence electrons. The predicted octanol–water partition coefficient (Wildman–Crippen LogP) is 13.9. The summed E-state index contributed by atoms with van der Waals surface area (Å²) in [5, 5.41) is 21.1. The van der Waals surface area contributed by atoms with E-state index in [2.05, 4.69) is 9.47 Å². The molecule has 2 N–H and O–H groups in total. The number of rotatable bonds is 20. The monoisotopic (exact) mass is 1170 g/mol. The second kappa shape index (κ2) is 19.7. The molecular formula is C40H24F30O6. The van der Waals surface area contributed by atoms with E-state index in [1.165, 1.54) is 0 Å². The molecule has 3 rings (SSSR count). The van der Waals surface area contributed by atoms with Crippen molar-refractivity contribution < 1.29 is 161 Å². The molecule has 0 fully saturated rings. The van der Waals surface area contributed by atoms with Gasteiger partial charge in [0, 0.05) is 5.56 Å². The molecule has 0 heterocycles. The Bertz CT molecular complexity index is 2570. The fraction of sp³-hybridized carbons (Fsp3) is 0.500. The standard InChI is InChI=1S/C40H24F30O6/c1-15(22(71)16-11-13-17(14-12-16)26(74)75-2)25(73)76-24(28(43,44)30(47,48)32(51,52)34(55,56)36(59,60)38(63,64)40(68,69)70)21-10-6-4-8-19(21)18-7-3-5-9-20(18)23(72)27(41,42)29(45,46)31(49,50)33(53,54)35(57,58)37(61,62)39(65,66)67/h3-15,22-24,71-72H,1-2H3/t15-,22-,23-,24-/m1/s1. The van der Waals surface area contributed by atoms with E-state index >= 15 is 35.1 Å². The van der Waals surface area contributed by atoms with Crippen LogP contribution in [0.3, 0.4) is 0 Å². The third kappa shape index (κ3) is 9.55. The van der Waals surface area contributed by atoms with Crippen molar-refractivity contribution in [2.45, 2.75) is 109 Å². The zero-order valence-electron chi connectivity index (χ0n) is 36.1. The van der Waals surface area contributed by atoms with Crippen molar-refractivity contribution in [3.63, 3.8) is 0 Å². The van der Waals surface area contributed by atoms with Crippen molar-refractivity contribution in [3.8, 4) is 11.1 Å². The molecule has 76 heavy (non-hydrogen) atoms. The van der Waals surface area contributed by atoms with Gasteiger partial charge in [0.2, 0.25) is 0 Å². The van der Waals surface area contributed by atoms with Gasteiger partial charge in [0.15, 0.2) is 6.10 Å². The van der Waals surface area contributed by atoms with Crippen molar-refractivity contribution in [2.24, 2.45) is 5.92 Å². The van der Waals surface area contributed by atoms with Crippen LogP contribution in [0.15, 0.2) is 72.8 Å². The first-order chi connectivity index (χ1) is 33.7. The molecule has 0 aliphatic rings. The maximum atomic E-state index is 16.4. The number of alkyl halides is 30. The van der Waals surface area contributed by atoms with E-state index in [9.17, 15) is 116 Å². The quantitative estimate of drug-likeness (QED) is 0.0865. The summed E-state index contributed by atoms with van der Waals surface area (Å²) in [6.07, 6.45) is -29.3. The molecular weight excluding hydrogens is 1150 g/mol. The number of carbonyl (C=O) groups is 2. The lowest BCUT2D eigenvalue weighted by molar-refractivity contribution is -0.456. The number of methoxy groups -OCH3 is 1. The molecule has 0 aliphatic heterocycles. The second-order valence-corrected chi connectivity index (χ2v) is 15.7. The maximum Gasteiger partial charge on any atom is 0.460 e. The van der Waals surface area contributed by atoms with E-state index in [-0.39, 0.29) is 48.0 Å². The van der Waals surface area contributed by atoms with Crippen molar-refractivity contribution >= 4 is 11.9 Å². The molecule has 3 aromatic carbocycles. The van der Waals surface area contributed by atoms with Crippen molar-refractivity contribution in [1.82, 2.24) is 0 Å². The molecule has 0 aromatic heterocycles. The van der Waals surface area contributed by atoms with Gasteiger partial charge in [-0.25, -0.2) is 4.79 Å². The minimum absolute atomic E-state index is 0.0984. The average Bonchev–Trinajstić information content (AvgIpc) is 3.30. The van der Waals surface area contributed by atoms with Crippen LogP contribution in [0.25, 0.3) is 11.1 Å². The topological polar surface area (TPSA) is 93.1 Å². The summed E-state index contributed by atoms with van der Waals surface area (Å²) in [6.45, 7) is 0.302. The molecule has 6 nitrogen and oxygen atoms in total. The van der Waals surface area contributed by atoms with Crippen LogP contribution in [0, 0.1) is 5.92 Å². The molecule has 0 radical (unpaired) electrons. The predicted molar refractivity (Wildman–Crippen MR) is 189 cm³/mol. The lowest BCUT2D eigenvalue weighted by Crippen LogP contribution is -2.73. The van der Waals surface area contributed by atoms with E-state index in [1.807, 2.05) is 0 Å². The Morgan fingerprint density at radius 3 is 1.11 bits per heavy atom. The van der Waals surface area contributed by atoms with Crippen molar-refractivity contribution in [1.29, 1.82) is 0 Å². The minimum Gasteiger partial charge on any atom is -0.465 e. The first kappa shape index (κ1) is 64.7. The normalized spacial score (nSPS) is 16.4. The first-order valence-electron chi connectivity index (χ1n) is 19.3. The molecule has 0 spiro atoms. The number of esters is 2. The number of hydrogen-bond acceptors (Lipinski definition) is 6. The Hall–Kier alpha value is -5.58. The van der Waals surface area contributed by atoms with Gasteiger partial charge in [-0.3, -0.25) is 4.79 Å². The van der Waals surface area contributed by atoms with E-state index in [4.69, 9.17) is 0 Å². The third-order valence-electron chi connectivity index (χ3n) is 10.9. The number of ether oxygens (including phenoxy) is 2. The van der Waals surface area contributed by atoms with E-state index in [0.717, 1.165) is 19.2 Å². The summed E-state index contributed by atoms with van der Waals surface area (Å²) >= 11 is 0. The van der Waals surface area contributed by atoms with Crippen molar-refractivity contribution in [2.75, 3.05) is 7.11 Å². The Kier molecular flexibility index (Phi) is 16.8. The smallest absolute Gasteiger partial charge is 0.460 e.